The molecule has 2 aliphatic heterocycles. The fraction of sp³-hybridized carbons (Fsp3) is 0.364. The monoisotopic (exact) mass is 408 g/mol. The molecule has 8 heteroatoms. The molecule has 0 unspecified atom stereocenters. The number of hydrogen-bond donors (Lipinski definition) is 1. The summed E-state index contributed by atoms with van der Waals surface area (Å²) in [5.74, 6) is 0.0623. The van der Waals surface area contributed by atoms with Crippen molar-refractivity contribution < 1.29 is 18.7 Å². The Bertz CT molecular complexity index is 983. The van der Waals surface area contributed by atoms with Crippen LogP contribution in [-0.2, 0) is 4.74 Å². The number of nitrogens with zero attached hydrogens (tertiary/aromatic N) is 3. The van der Waals surface area contributed by atoms with Gasteiger partial charge in [-0.3, -0.25) is 5.32 Å². The van der Waals surface area contributed by atoms with Crippen LogP contribution in [0.1, 0.15) is 17.7 Å². The maximum Gasteiger partial charge on any atom is 0.419 e. The van der Waals surface area contributed by atoms with E-state index in [9.17, 15) is 4.79 Å². The zero-order valence-corrected chi connectivity index (χ0v) is 16.9. The number of hydrogen-bond acceptors (Lipinski definition) is 7. The van der Waals surface area contributed by atoms with Crippen LogP contribution in [0, 0.1) is 11.3 Å². The Kier molecular flexibility index (Phi) is 6.02. The van der Waals surface area contributed by atoms with Gasteiger partial charge in [0.05, 0.1) is 18.9 Å². The second-order valence-electron chi connectivity index (χ2n) is 7.32. The minimum absolute atomic E-state index is 0.0232. The van der Waals surface area contributed by atoms with Crippen molar-refractivity contribution in [1.82, 2.24) is 4.90 Å². The van der Waals surface area contributed by atoms with Gasteiger partial charge in [-0.1, -0.05) is 6.08 Å². The van der Waals surface area contributed by atoms with Crippen molar-refractivity contribution in [2.75, 3.05) is 56.7 Å². The normalized spacial score (nSPS) is 17.2. The molecule has 30 heavy (non-hydrogen) atoms. The molecule has 0 spiro atoms. The molecule has 1 aromatic heterocycles. The lowest BCUT2D eigenvalue weighted by atomic mass is 9.98. The Morgan fingerprint density at radius 2 is 2.03 bits per heavy atom. The first kappa shape index (κ1) is 20.0. The van der Waals surface area contributed by atoms with E-state index < -0.39 is 6.09 Å². The average Bonchev–Trinajstić information content (AvgIpc) is 3.22. The van der Waals surface area contributed by atoms with Gasteiger partial charge in [0.25, 0.3) is 5.95 Å². The van der Waals surface area contributed by atoms with Crippen molar-refractivity contribution in [3.05, 3.63) is 47.7 Å². The van der Waals surface area contributed by atoms with E-state index in [1.807, 2.05) is 18.2 Å². The smallest absolute Gasteiger partial charge is 0.414 e. The quantitative estimate of drug-likeness (QED) is 0.830. The van der Waals surface area contributed by atoms with Gasteiger partial charge >= 0.3 is 6.09 Å². The molecule has 0 aliphatic carbocycles. The Morgan fingerprint density at radius 3 is 2.73 bits per heavy atom. The number of piperazine rings is 1. The average molecular weight is 408 g/mol. The lowest BCUT2D eigenvalue weighted by Gasteiger charge is -2.34. The highest BCUT2D eigenvalue weighted by atomic mass is 16.6. The molecule has 1 aromatic carbocycles. The Labute approximate surface area is 175 Å². The first-order valence-corrected chi connectivity index (χ1v) is 9.96. The third kappa shape index (κ3) is 4.64. The van der Waals surface area contributed by atoms with E-state index in [1.54, 1.807) is 0 Å². The second-order valence-corrected chi connectivity index (χ2v) is 7.32. The molecule has 0 atom stereocenters. The molecule has 0 saturated carbocycles. The first-order chi connectivity index (χ1) is 14.6. The van der Waals surface area contributed by atoms with Crippen molar-refractivity contribution in [1.29, 1.82) is 5.26 Å². The topological polar surface area (TPSA) is 91.0 Å². The van der Waals surface area contributed by atoms with Crippen molar-refractivity contribution in [2.45, 2.75) is 6.42 Å². The number of benzene rings is 1. The number of nitriles is 1. The van der Waals surface area contributed by atoms with Gasteiger partial charge in [0.1, 0.15) is 6.07 Å². The van der Waals surface area contributed by atoms with Crippen LogP contribution in [0.4, 0.5) is 16.2 Å². The van der Waals surface area contributed by atoms with E-state index in [-0.39, 0.29) is 11.7 Å². The number of ether oxygens (including phenoxy) is 2. The van der Waals surface area contributed by atoms with Crippen LogP contribution in [0.25, 0.3) is 5.57 Å². The first-order valence-electron chi connectivity index (χ1n) is 9.96. The maximum atomic E-state index is 12.4. The largest absolute Gasteiger partial charge is 0.419 e. The van der Waals surface area contributed by atoms with Crippen LogP contribution in [-0.4, -0.2) is 57.4 Å². The van der Waals surface area contributed by atoms with Crippen LogP contribution < -0.4 is 15.0 Å². The third-order valence-electron chi connectivity index (χ3n) is 5.30. The second kappa shape index (κ2) is 9.03. The zero-order valence-electron chi connectivity index (χ0n) is 16.9. The van der Waals surface area contributed by atoms with Crippen LogP contribution in [0.15, 0.2) is 40.8 Å². The van der Waals surface area contributed by atoms with E-state index in [0.29, 0.717) is 18.9 Å². The molecule has 2 aromatic rings. The summed E-state index contributed by atoms with van der Waals surface area (Å²) in [6.45, 7) is 5.18. The molecule has 1 saturated heterocycles. The van der Waals surface area contributed by atoms with Crippen molar-refractivity contribution in [3.8, 4) is 12.0 Å². The SMILES string of the molecule is CN1CCN(c2ccc(NC(=O)Oc3ccc(C#N)o3)c(C3=CCOCC3)c2)CC1. The predicted octanol–water partition coefficient (Wildman–Crippen LogP) is 3.32. The van der Waals surface area contributed by atoms with Gasteiger partial charge in [0.2, 0.25) is 5.76 Å². The number of anilines is 2. The van der Waals surface area contributed by atoms with Crippen LogP contribution in [0.3, 0.4) is 0 Å². The fourth-order valence-electron chi connectivity index (χ4n) is 3.60. The highest BCUT2D eigenvalue weighted by Crippen LogP contribution is 2.32. The summed E-state index contributed by atoms with van der Waals surface area (Å²) in [6.07, 6.45) is 2.16. The number of likely N-dealkylation sites (N-methyl/N-ethyl adjacent to an activating group) is 1. The molecule has 3 heterocycles. The lowest BCUT2D eigenvalue weighted by molar-refractivity contribution is 0.161. The summed E-state index contributed by atoms with van der Waals surface area (Å²) in [4.78, 5) is 17.1. The standard InChI is InChI=1S/C22H24N4O4/c1-25-8-10-26(11-9-25)17-2-4-20(19(14-17)16-6-12-28-13-7-16)24-22(27)30-21-5-3-18(15-23)29-21/h2-6,14H,7-13H2,1H3,(H,24,27). The fourth-order valence-corrected chi connectivity index (χ4v) is 3.60. The number of nitrogens with one attached hydrogen (secondary N) is 1. The number of rotatable bonds is 4. The molecule has 0 bridgehead atoms. The molecule has 0 radical (unpaired) electrons. The van der Waals surface area contributed by atoms with Crippen LogP contribution in [0.5, 0.6) is 5.95 Å². The molecule has 1 N–H and O–H groups in total. The van der Waals surface area contributed by atoms with E-state index in [2.05, 4.69) is 34.3 Å². The number of amides is 1. The molecule has 2 aliphatic rings. The number of carbonyl (C=O) groups excluding carboxylic acids is 1. The minimum atomic E-state index is -0.671. The van der Waals surface area contributed by atoms with Gasteiger partial charge in [-0.2, -0.15) is 5.26 Å². The van der Waals surface area contributed by atoms with Crippen LogP contribution >= 0.6 is 0 Å². The third-order valence-corrected chi connectivity index (χ3v) is 5.30. The minimum Gasteiger partial charge on any atom is -0.414 e. The summed E-state index contributed by atoms with van der Waals surface area (Å²) in [7, 11) is 2.13. The highest BCUT2D eigenvalue weighted by Gasteiger charge is 2.19. The Balaban J connectivity index is 1.55. The maximum absolute atomic E-state index is 12.4. The highest BCUT2D eigenvalue weighted by molar-refractivity contribution is 5.91. The van der Waals surface area contributed by atoms with Gasteiger partial charge < -0.3 is 23.7 Å². The Hall–Kier alpha value is -3.28. The summed E-state index contributed by atoms with van der Waals surface area (Å²) in [5.41, 5.74) is 3.90. The number of furan rings is 1. The van der Waals surface area contributed by atoms with Gasteiger partial charge in [0, 0.05) is 43.5 Å². The Morgan fingerprint density at radius 1 is 1.20 bits per heavy atom. The van der Waals surface area contributed by atoms with Gasteiger partial charge in [-0.15, -0.1) is 0 Å². The van der Waals surface area contributed by atoms with Crippen LogP contribution in [0.2, 0.25) is 0 Å². The summed E-state index contributed by atoms with van der Waals surface area (Å²) < 4.78 is 15.7. The van der Waals surface area contributed by atoms with E-state index in [4.69, 9.17) is 19.2 Å². The van der Waals surface area contributed by atoms with Gasteiger partial charge in [0.15, 0.2) is 0 Å². The molecule has 156 valence electrons. The van der Waals surface area contributed by atoms with Gasteiger partial charge in [-0.25, -0.2) is 4.79 Å². The molecule has 4 rings (SSSR count). The van der Waals surface area contributed by atoms with E-state index in [0.717, 1.165) is 49.4 Å². The molecular formula is C22H24N4O4. The lowest BCUT2D eigenvalue weighted by Crippen LogP contribution is -2.44. The van der Waals surface area contributed by atoms with Crippen molar-refractivity contribution in [2.24, 2.45) is 0 Å². The molecule has 1 fully saturated rings. The molecule has 1 amide bonds. The number of carbonyl (C=O) groups is 1. The van der Waals surface area contributed by atoms with E-state index in [1.165, 1.54) is 12.1 Å². The zero-order chi connectivity index (χ0) is 20.9. The summed E-state index contributed by atoms with van der Waals surface area (Å²) in [5, 5.41) is 11.6. The summed E-state index contributed by atoms with van der Waals surface area (Å²) in [6, 6.07) is 10.8. The molecule has 8 nitrogen and oxygen atoms in total. The predicted molar refractivity (Wildman–Crippen MR) is 113 cm³/mol. The molecular weight excluding hydrogens is 384 g/mol. The van der Waals surface area contributed by atoms with Crippen molar-refractivity contribution >= 4 is 23.0 Å². The van der Waals surface area contributed by atoms with Gasteiger partial charge in [-0.05, 0) is 43.3 Å². The summed E-state index contributed by atoms with van der Waals surface area (Å²) >= 11 is 0. The van der Waals surface area contributed by atoms with Crippen molar-refractivity contribution in [3.63, 3.8) is 0 Å². The van der Waals surface area contributed by atoms with E-state index >= 15 is 0 Å².